The van der Waals surface area contributed by atoms with Gasteiger partial charge in [0.25, 0.3) is 0 Å². The maximum absolute atomic E-state index is 10.8. The topological polar surface area (TPSA) is 43.8 Å². The van der Waals surface area contributed by atoms with Gasteiger partial charge >= 0.3 is 5.97 Å². The second-order valence-electron chi connectivity index (χ2n) is 6.42. The number of likely N-dealkylation sites (tertiary alicyclic amines) is 1. The van der Waals surface area contributed by atoms with Crippen LogP contribution in [0, 0.1) is 5.92 Å². The zero-order valence-corrected chi connectivity index (χ0v) is 12.3. The predicted molar refractivity (Wildman–Crippen MR) is 73.8 cm³/mol. The van der Waals surface area contributed by atoms with Gasteiger partial charge in [-0.25, -0.2) is 0 Å². The van der Waals surface area contributed by atoms with Crippen LogP contribution >= 0.6 is 0 Å². The molecule has 18 heavy (non-hydrogen) atoms. The molecule has 1 saturated heterocycles. The highest BCUT2D eigenvalue weighted by Gasteiger charge is 2.34. The van der Waals surface area contributed by atoms with Crippen LogP contribution in [0.4, 0.5) is 0 Å². The van der Waals surface area contributed by atoms with Gasteiger partial charge in [0.2, 0.25) is 0 Å². The molecule has 0 aromatic carbocycles. The van der Waals surface area contributed by atoms with Crippen molar-refractivity contribution in [1.29, 1.82) is 0 Å². The smallest absolute Gasteiger partial charge is 0.303 e. The van der Waals surface area contributed by atoms with Crippen LogP contribution in [0.25, 0.3) is 0 Å². The van der Waals surface area contributed by atoms with E-state index in [0.717, 1.165) is 38.9 Å². The zero-order chi connectivity index (χ0) is 13.8. The van der Waals surface area contributed by atoms with Crippen LogP contribution in [0.15, 0.2) is 0 Å². The highest BCUT2D eigenvalue weighted by molar-refractivity contribution is 5.67. The standard InChI is InChI=1S/C14H28N2O2/c1-14(2)7-6-12(10-13(17)18)11-16(14)9-5-8-15(3)4/h12H,5-11H2,1-4H3,(H,17,18). The fourth-order valence-corrected chi connectivity index (χ4v) is 2.75. The molecule has 0 bridgehead atoms. The molecule has 1 N–H and O–H groups in total. The molecule has 106 valence electrons. The monoisotopic (exact) mass is 256 g/mol. The van der Waals surface area contributed by atoms with Gasteiger partial charge in [-0.05, 0) is 66.2 Å². The van der Waals surface area contributed by atoms with Crippen molar-refractivity contribution in [3.63, 3.8) is 0 Å². The number of hydrogen-bond acceptors (Lipinski definition) is 3. The third-order valence-corrected chi connectivity index (χ3v) is 4.00. The lowest BCUT2D eigenvalue weighted by atomic mass is 9.83. The van der Waals surface area contributed by atoms with Gasteiger partial charge in [0.05, 0.1) is 0 Å². The highest BCUT2D eigenvalue weighted by atomic mass is 16.4. The fraction of sp³-hybridized carbons (Fsp3) is 0.929. The van der Waals surface area contributed by atoms with E-state index in [1.54, 1.807) is 0 Å². The summed E-state index contributed by atoms with van der Waals surface area (Å²) in [6, 6.07) is 0. The van der Waals surface area contributed by atoms with E-state index in [2.05, 4.69) is 37.7 Å². The lowest BCUT2D eigenvalue weighted by Gasteiger charge is -2.45. The first-order chi connectivity index (χ1) is 8.31. The van der Waals surface area contributed by atoms with E-state index in [1.165, 1.54) is 0 Å². The molecule has 0 saturated carbocycles. The second-order valence-corrected chi connectivity index (χ2v) is 6.42. The third kappa shape index (κ3) is 4.94. The van der Waals surface area contributed by atoms with Crippen LogP contribution in [0.1, 0.15) is 39.5 Å². The van der Waals surface area contributed by atoms with Crippen LogP contribution in [0.5, 0.6) is 0 Å². The van der Waals surface area contributed by atoms with Gasteiger partial charge in [-0.1, -0.05) is 0 Å². The van der Waals surface area contributed by atoms with Gasteiger partial charge < -0.3 is 10.0 Å². The van der Waals surface area contributed by atoms with Crippen molar-refractivity contribution in [2.24, 2.45) is 5.92 Å². The molecule has 0 aromatic rings. The van der Waals surface area contributed by atoms with Crippen LogP contribution in [0.2, 0.25) is 0 Å². The largest absolute Gasteiger partial charge is 0.481 e. The maximum atomic E-state index is 10.8. The molecule has 0 aliphatic carbocycles. The summed E-state index contributed by atoms with van der Waals surface area (Å²) >= 11 is 0. The lowest BCUT2D eigenvalue weighted by molar-refractivity contribution is -0.139. The molecule has 1 fully saturated rings. The van der Waals surface area contributed by atoms with Crippen molar-refractivity contribution in [2.75, 3.05) is 33.7 Å². The molecule has 0 radical (unpaired) electrons. The highest BCUT2D eigenvalue weighted by Crippen LogP contribution is 2.31. The molecule has 4 heteroatoms. The van der Waals surface area contributed by atoms with E-state index in [1.807, 2.05) is 0 Å². The number of nitrogens with zero attached hydrogens (tertiary/aromatic N) is 2. The van der Waals surface area contributed by atoms with Gasteiger partial charge in [-0.3, -0.25) is 9.69 Å². The molecule has 4 nitrogen and oxygen atoms in total. The number of hydrogen-bond donors (Lipinski definition) is 1. The van der Waals surface area contributed by atoms with Crippen LogP contribution < -0.4 is 0 Å². The molecule has 1 aliphatic rings. The Morgan fingerprint density at radius 2 is 2.11 bits per heavy atom. The Bertz CT molecular complexity index is 277. The molecule has 0 amide bonds. The zero-order valence-electron chi connectivity index (χ0n) is 12.3. The van der Waals surface area contributed by atoms with Crippen molar-refractivity contribution >= 4 is 5.97 Å². The summed E-state index contributed by atoms with van der Waals surface area (Å²) in [7, 11) is 4.18. The Labute approximate surface area is 111 Å². The van der Waals surface area contributed by atoms with Gasteiger partial charge in [-0.2, -0.15) is 0 Å². The number of carbonyl (C=O) groups is 1. The van der Waals surface area contributed by atoms with Crippen LogP contribution in [0.3, 0.4) is 0 Å². The Morgan fingerprint density at radius 3 is 2.67 bits per heavy atom. The fourth-order valence-electron chi connectivity index (χ4n) is 2.75. The lowest BCUT2D eigenvalue weighted by Crippen LogP contribution is -2.51. The number of carboxylic acids is 1. The van der Waals surface area contributed by atoms with Crippen molar-refractivity contribution in [2.45, 2.75) is 45.1 Å². The molecule has 0 aromatic heterocycles. The van der Waals surface area contributed by atoms with E-state index in [9.17, 15) is 4.79 Å². The summed E-state index contributed by atoms with van der Waals surface area (Å²) in [5.74, 6) is -0.331. The first-order valence-corrected chi connectivity index (χ1v) is 6.93. The third-order valence-electron chi connectivity index (χ3n) is 4.00. The first kappa shape index (κ1) is 15.4. The molecule has 1 aliphatic heterocycles. The second kappa shape index (κ2) is 6.53. The summed E-state index contributed by atoms with van der Waals surface area (Å²) < 4.78 is 0. The molecular weight excluding hydrogens is 228 g/mol. The Balaban J connectivity index is 2.46. The summed E-state index contributed by atoms with van der Waals surface area (Å²) in [6.07, 6.45) is 3.62. The molecular formula is C14H28N2O2. The van der Waals surface area contributed by atoms with E-state index < -0.39 is 5.97 Å². The molecule has 1 atom stereocenters. The van der Waals surface area contributed by atoms with Gasteiger partial charge in [-0.15, -0.1) is 0 Å². The average Bonchev–Trinajstić information content (AvgIpc) is 2.21. The summed E-state index contributed by atoms with van der Waals surface area (Å²) in [5, 5.41) is 8.91. The van der Waals surface area contributed by atoms with Gasteiger partial charge in [0, 0.05) is 18.5 Å². The predicted octanol–water partition coefficient (Wildman–Crippen LogP) is 1.90. The van der Waals surface area contributed by atoms with Crippen molar-refractivity contribution in [3.05, 3.63) is 0 Å². The average molecular weight is 256 g/mol. The van der Waals surface area contributed by atoms with Crippen molar-refractivity contribution in [1.82, 2.24) is 9.80 Å². The Hall–Kier alpha value is -0.610. The Kier molecular flexibility index (Phi) is 5.60. The SMILES string of the molecule is CN(C)CCCN1CC(CC(=O)O)CCC1(C)C. The molecule has 0 spiro atoms. The van der Waals surface area contributed by atoms with E-state index >= 15 is 0 Å². The van der Waals surface area contributed by atoms with E-state index in [4.69, 9.17) is 5.11 Å². The van der Waals surface area contributed by atoms with Crippen LogP contribution in [-0.2, 0) is 4.79 Å². The summed E-state index contributed by atoms with van der Waals surface area (Å²) in [4.78, 5) is 15.5. The number of rotatable bonds is 6. The molecule has 1 rings (SSSR count). The van der Waals surface area contributed by atoms with E-state index in [0.29, 0.717) is 12.3 Å². The maximum Gasteiger partial charge on any atom is 0.303 e. The molecule has 1 heterocycles. The normalized spacial score (nSPS) is 24.4. The number of carboxylic acid groups (broad SMARTS) is 1. The minimum absolute atomic E-state index is 0.224. The summed E-state index contributed by atoms with van der Waals surface area (Å²) in [6.45, 7) is 7.66. The Morgan fingerprint density at radius 1 is 1.44 bits per heavy atom. The van der Waals surface area contributed by atoms with Gasteiger partial charge in [0.15, 0.2) is 0 Å². The first-order valence-electron chi connectivity index (χ1n) is 6.93. The number of aliphatic carboxylic acids is 1. The van der Waals surface area contributed by atoms with Gasteiger partial charge in [0.1, 0.15) is 0 Å². The molecule has 1 unspecified atom stereocenters. The van der Waals surface area contributed by atoms with Crippen molar-refractivity contribution in [3.8, 4) is 0 Å². The van der Waals surface area contributed by atoms with E-state index in [-0.39, 0.29) is 5.54 Å². The number of piperidine rings is 1. The van der Waals surface area contributed by atoms with Crippen LogP contribution in [-0.4, -0.2) is 60.1 Å². The quantitative estimate of drug-likeness (QED) is 0.788. The van der Waals surface area contributed by atoms with Crippen molar-refractivity contribution < 1.29 is 9.90 Å². The summed E-state index contributed by atoms with van der Waals surface area (Å²) in [5.41, 5.74) is 0.224. The minimum Gasteiger partial charge on any atom is -0.481 e. The minimum atomic E-state index is -0.659.